The minimum absolute atomic E-state index is 0.157. The van der Waals surface area contributed by atoms with Crippen molar-refractivity contribution in [1.82, 2.24) is 24.6 Å². The number of aliphatic imine (C=N–C) groups is 1. The van der Waals surface area contributed by atoms with E-state index in [4.69, 9.17) is 0 Å². The van der Waals surface area contributed by atoms with Gasteiger partial charge in [0.1, 0.15) is 12.5 Å². The second-order valence-electron chi connectivity index (χ2n) is 8.09. The summed E-state index contributed by atoms with van der Waals surface area (Å²) in [6.07, 6.45) is 12.2. The highest BCUT2D eigenvalue weighted by atomic mass is 15.5. The van der Waals surface area contributed by atoms with Crippen molar-refractivity contribution in [3.05, 3.63) is 54.2 Å². The summed E-state index contributed by atoms with van der Waals surface area (Å²) in [5, 5.41) is 8.77. The quantitative estimate of drug-likeness (QED) is 0.802. The molecule has 0 saturated heterocycles. The fourth-order valence-electron chi connectivity index (χ4n) is 5.20. The van der Waals surface area contributed by atoms with Gasteiger partial charge in [-0.05, 0) is 31.7 Å². The smallest absolute Gasteiger partial charge is 0.154 e. The molecule has 5 rings (SSSR count). The van der Waals surface area contributed by atoms with E-state index in [1.54, 1.807) is 0 Å². The summed E-state index contributed by atoms with van der Waals surface area (Å²) in [4.78, 5) is 9.76. The molecule has 3 unspecified atom stereocenters. The second-order valence-corrected chi connectivity index (χ2v) is 8.09. The maximum atomic E-state index is 4.62. The Morgan fingerprint density at radius 3 is 2.68 bits per heavy atom. The van der Waals surface area contributed by atoms with E-state index in [2.05, 4.69) is 73.7 Å². The van der Waals surface area contributed by atoms with Crippen molar-refractivity contribution < 1.29 is 0 Å². The summed E-state index contributed by atoms with van der Waals surface area (Å²) in [5.41, 5.74) is 2.48. The molecule has 6 heteroatoms. The lowest BCUT2D eigenvalue weighted by atomic mass is 9.98. The van der Waals surface area contributed by atoms with Gasteiger partial charge in [0.05, 0.1) is 30.3 Å². The molecule has 1 aliphatic carbocycles. The molecular formula is C22H28N6. The van der Waals surface area contributed by atoms with E-state index in [9.17, 15) is 0 Å². The highest BCUT2D eigenvalue weighted by molar-refractivity contribution is 5.69. The molecule has 1 aromatic carbocycles. The van der Waals surface area contributed by atoms with E-state index in [0.29, 0.717) is 6.04 Å². The van der Waals surface area contributed by atoms with Gasteiger partial charge in [0.25, 0.3) is 0 Å². The number of nitrogens with zero attached hydrogens (tertiary/aromatic N) is 6. The summed E-state index contributed by atoms with van der Waals surface area (Å²) >= 11 is 0. The fraction of sp³-hybridized carbons (Fsp3) is 0.500. The van der Waals surface area contributed by atoms with Crippen LogP contribution in [0.25, 0.3) is 5.70 Å². The molecule has 1 aromatic heterocycles. The average Bonchev–Trinajstić information content (AvgIpc) is 3.44. The Morgan fingerprint density at radius 2 is 1.93 bits per heavy atom. The number of fused-ring (bicyclic) bond motifs is 3. The number of aromatic nitrogens is 3. The second kappa shape index (κ2) is 7.17. The van der Waals surface area contributed by atoms with Crippen LogP contribution in [-0.2, 0) is 0 Å². The van der Waals surface area contributed by atoms with Crippen LogP contribution < -0.4 is 0 Å². The molecule has 146 valence electrons. The third kappa shape index (κ3) is 2.70. The van der Waals surface area contributed by atoms with Crippen LogP contribution >= 0.6 is 0 Å². The molecule has 2 aliphatic heterocycles. The zero-order valence-corrected chi connectivity index (χ0v) is 16.6. The molecule has 0 amide bonds. The van der Waals surface area contributed by atoms with Crippen molar-refractivity contribution in [1.29, 1.82) is 0 Å². The van der Waals surface area contributed by atoms with Crippen molar-refractivity contribution >= 4 is 12.0 Å². The molecule has 0 bridgehead atoms. The number of benzene rings is 1. The van der Waals surface area contributed by atoms with Gasteiger partial charge in [0.15, 0.2) is 5.82 Å². The molecule has 3 heterocycles. The molecule has 1 saturated carbocycles. The Bertz CT molecular complexity index is 879. The molecule has 1 fully saturated rings. The molecule has 3 atom stereocenters. The molecule has 28 heavy (non-hydrogen) atoms. The van der Waals surface area contributed by atoms with Crippen LogP contribution in [0, 0.1) is 0 Å². The summed E-state index contributed by atoms with van der Waals surface area (Å²) in [7, 11) is 0. The Kier molecular flexibility index (Phi) is 4.51. The molecular weight excluding hydrogens is 348 g/mol. The summed E-state index contributed by atoms with van der Waals surface area (Å²) in [5.74, 6) is 1.06. The third-order valence-corrected chi connectivity index (χ3v) is 6.61. The number of rotatable bonds is 4. The predicted octanol–water partition coefficient (Wildman–Crippen LogP) is 4.22. The van der Waals surface area contributed by atoms with E-state index in [1.165, 1.54) is 36.9 Å². The highest BCUT2D eigenvalue weighted by Gasteiger charge is 2.46. The van der Waals surface area contributed by atoms with E-state index in [-0.39, 0.29) is 18.2 Å². The Labute approximate surface area is 166 Å². The highest BCUT2D eigenvalue weighted by Crippen LogP contribution is 2.44. The maximum absolute atomic E-state index is 4.62. The molecule has 0 radical (unpaired) electrons. The van der Waals surface area contributed by atoms with Crippen molar-refractivity contribution in [2.45, 2.75) is 70.2 Å². The van der Waals surface area contributed by atoms with Crippen molar-refractivity contribution in [2.75, 3.05) is 0 Å². The van der Waals surface area contributed by atoms with E-state index in [1.807, 2.05) is 18.9 Å². The van der Waals surface area contributed by atoms with Gasteiger partial charge in [-0.2, -0.15) is 0 Å². The minimum atomic E-state index is 0.157. The van der Waals surface area contributed by atoms with Gasteiger partial charge in [-0.15, -0.1) is 10.2 Å². The van der Waals surface area contributed by atoms with Gasteiger partial charge in [0.2, 0.25) is 0 Å². The van der Waals surface area contributed by atoms with Gasteiger partial charge in [-0.1, -0.05) is 50.1 Å². The van der Waals surface area contributed by atoms with E-state index in [0.717, 1.165) is 12.2 Å². The van der Waals surface area contributed by atoms with E-state index >= 15 is 0 Å². The van der Waals surface area contributed by atoms with Gasteiger partial charge in [0, 0.05) is 6.04 Å². The van der Waals surface area contributed by atoms with Crippen molar-refractivity contribution in [3.63, 3.8) is 0 Å². The zero-order valence-electron chi connectivity index (χ0n) is 16.6. The largest absolute Gasteiger partial charge is 0.334 e. The number of hydrogen-bond donors (Lipinski definition) is 0. The molecule has 0 spiro atoms. The lowest BCUT2D eigenvalue weighted by molar-refractivity contribution is 0.0133. The first-order valence-corrected chi connectivity index (χ1v) is 10.5. The molecule has 3 aliphatic rings. The summed E-state index contributed by atoms with van der Waals surface area (Å²) in [6, 6.07) is 11.8. The van der Waals surface area contributed by atoms with Crippen LogP contribution in [0.3, 0.4) is 0 Å². The molecule has 0 N–H and O–H groups in total. The Hall–Kier alpha value is -2.47. The standard InChI is InChI=1S/C22H28N6/c1-3-19-21-25-24-15-27(21)20-13-23-14-26(16(2)17-9-5-4-6-10-17)22(20)28(19)18-11-7-8-12-18/h4-6,9-10,13-16,18-19,22H,3,7-8,11-12H2,1-2H3. The average molecular weight is 377 g/mol. The van der Waals surface area contributed by atoms with Gasteiger partial charge >= 0.3 is 0 Å². The SMILES string of the molecule is CCC1c2nncn2C2=CN=CN(C(C)c3ccccc3)C2N1C1CCCC1. The Morgan fingerprint density at radius 1 is 1.14 bits per heavy atom. The lowest BCUT2D eigenvalue weighted by Gasteiger charge is -2.51. The lowest BCUT2D eigenvalue weighted by Crippen LogP contribution is -2.58. The van der Waals surface area contributed by atoms with Crippen molar-refractivity contribution in [2.24, 2.45) is 4.99 Å². The van der Waals surface area contributed by atoms with Crippen LogP contribution in [0.4, 0.5) is 0 Å². The monoisotopic (exact) mass is 376 g/mol. The van der Waals surface area contributed by atoms with Crippen LogP contribution in [-0.4, -0.2) is 43.1 Å². The summed E-state index contributed by atoms with van der Waals surface area (Å²) in [6.45, 7) is 4.54. The topological polar surface area (TPSA) is 49.6 Å². The third-order valence-electron chi connectivity index (χ3n) is 6.61. The Balaban J connectivity index is 1.61. The predicted molar refractivity (Wildman–Crippen MR) is 110 cm³/mol. The minimum Gasteiger partial charge on any atom is -0.334 e. The molecule has 6 nitrogen and oxygen atoms in total. The first-order valence-electron chi connectivity index (χ1n) is 10.5. The number of hydrogen-bond acceptors (Lipinski definition) is 5. The zero-order chi connectivity index (χ0) is 19.1. The summed E-state index contributed by atoms with van der Waals surface area (Å²) < 4.78 is 2.17. The molecule has 2 aromatic rings. The first kappa shape index (κ1) is 17.6. The van der Waals surface area contributed by atoms with Crippen molar-refractivity contribution in [3.8, 4) is 0 Å². The van der Waals surface area contributed by atoms with Gasteiger partial charge < -0.3 is 4.90 Å². The maximum Gasteiger partial charge on any atom is 0.154 e. The van der Waals surface area contributed by atoms with Gasteiger partial charge in [-0.3, -0.25) is 9.47 Å². The normalized spacial score (nSPS) is 26.1. The van der Waals surface area contributed by atoms with Crippen LogP contribution in [0.15, 0.2) is 47.9 Å². The van der Waals surface area contributed by atoms with Crippen LogP contribution in [0.1, 0.15) is 69.4 Å². The van der Waals surface area contributed by atoms with Gasteiger partial charge in [-0.25, -0.2) is 4.99 Å². The first-order chi connectivity index (χ1) is 13.8. The van der Waals surface area contributed by atoms with Crippen LogP contribution in [0.5, 0.6) is 0 Å². The van der Waals surface area contributed by atoms with E-state index < -0.39 is 0 Å². The fourth-order valence-corrected chi connectivity index (χ4v) is 5.20. The van der Waals surface area contributed by atoms with Crippen LogP contribution in [0.2, 0.25) is 0 Å².